The lowest BCUT2D eigenvalue weighted by molar-refractivity contribution is -0.116. The number of hydrogen-bond acceptors (Lipinski definition) is 5. The van der Waals surface area contributed by atoms with Crippen LogP contribution in [0.25, 0.3) is 11.7 Å². The van der Waals surface area contributed by atoms with Crippen molar-refractivity contribution in [2.75, 3.05) is 7.05 Å². The van der Waals surface area contributed by atoms with Crippen LogP contribution in [-0.2, 0) is 4.79 Å². The summed E-state index contributed by atoms with van der Waals surface area (Å²) < 4.78 is 7.38. The Morgan fingerprint density at radius 1 is 1.21 bits per heavy atom. The molecule has 0 bridgehead atoms. The Kier molecular flexibility index (Phi) is 5.46. The third-order valence-corrected chi connectivity index (χ3v) is 4.69. The Morgan fingerprint density at radius 2 is 1.93 bits per heavy atom. The first kappa shape index (κ1) is 19.8. The maximum Gasteiger partial charge on any atom is 0.269 e. The maximum atomic E-state index is 13.2. The Labute approximate surface area is 167 Å². The highest BCUT2D eigenvalue weighted by molar-refractivity contribution is 6.01. The van der Waals surface area contributed by atoms with E-state index in [4.69, 9.17) is 4.74 Å². The quantitative estimate of drug-likeness (QED) is 0.547. The van der Waals surface area contributed by atoms with Crippen LogP contribution in [0, 0.1) is 32.1 Å². The molecule has 0 fully saturated rings. The Hall–Kier alpha value is -3.92. The fraction of sp³-hybridized carbons (Fsp3) is 0.182. The molecule has 7 heteroatoms. The molecule has 3 rings (SSSR count). The highest BCUT2D eigenvalue weighted by Crippen LogP contribution is 2.28. The van der Waals surface area contributed by atoms with Gasteiger partial charge in [0.05, 0.1) is 0 Å². The number of aromatic nitrogens is 2. The van der Waals surface area contributed by atoms with E-state index in [9.17, 15) is 14.9 Å². The minimum absolute atomic E-state index is 0.0224. The number of ether oxygens (including phenoxy) is 1. The Balaban J connectivity index is 2.32. The Morgan fingerprint density at radius 3 is 2.62 bits per heavy atom. The van der Waals surface area contributed by atoms with Crippen molar-refractivity contribution in [3.8, 4) is 17.7 Å². The number of likely N-dealkylation sites (N-methyl/N-ethyl adjacent to an activating group) is 1. The number of pyridine rings is 1. The first-order chi connectivity index (χ1) is 13.9. The fourth-order valence-corrected chi connectivity index (χ4v) is 2.86. The number of fused-ring (bicyclic) bond motifs is 1. The van der Waals surface area contributed by atoms with Gasteiger partial charge in [-0.3, -0.25) is 14.0 Å². The molecular weight excluding hydrogens is 368 g/mol. The van der Waals surface area contributed by atoms with E-state index in [2.05, 4.69) is 10.3 Å². The van der Waals surface area contributed by atoms with E-state index in [1.165, 1.54) is 17.5 Å². The van der Waals surface area contributed by atoms with Crippen LogP contribution in [0.2, 0.25) is 0 Å². The van der Waals surface area contributed by atoms with Gasteiger partial charge < -0.3 is 10.1 Å². The second-order valence-electron chi connectivity index (χ2n) is 6.57. The maximum absolute atomic E-state index is 13.2. The summed E-state index contributed by atoms with van der Waals surface area (Å²) in [5.41, 5.74) is 2.53. The van der Waals surface area contributed by atoms with E-state index >= 15 is 0 Å². The molecule has 0 saturated heterocycles. The first-order valence-electron chi connectivity index (χ1n) is 8.97. The van der Waals surface area contributed by atoms with Crippen LogP contribution in [0.1, 0.15) is 22.3 Å². The minimum Gasteiger partial charge on any atom is -0.438 e. The van der Waals surface area contributed by atoms with Gasteiger partial charge in [0.1, 0.15) is 28.6 Å². The molecule has 146 valence electrons. The molecule has 0 aliphatic carbocycles. The van der Waals surface area contributed by atoms with Gasteiger partial charge in [-0.15, -0.1) is 0 Å². The van der Waals surface area contributed by atoms with Gasteiger partial charge in [-0.25, -0.2) is 0 Å². The van der Waals surface area contributed by atoms with E-state index in [0.29, 0.717) is 11.4 Å². The predicted molar refractivity (Wildman–Crippen MR) is 110 cm³/mol. The first-order valence-corrected chi connectivity index (χ1v) is 8.97. The summed E-state index contributed by atoms with van der Waals surface area (Å²) in [6.45, 7) is 5.70. The Bertz CT molecular complexity index is 1250. The molecular formula is C22H20N4O3. The lowest BCUT2D eigenvalue weighted by Crippen LogP contribution is -2.22. The predicted octanol–water partition coefficient (Wildman–Crippen LogP) is 3.07. The van der Waals surface area contributed by atoms with Crippen LogP contribution in [0.5, 0.6) is 11.6 Å². The lowest BCUT2D eigenvalue weighted by Gasteiger charge is -2.13. The fourth-order valence-electron chi connectivity index (χ4n) is 2.86. The number of rotatable bonds is 4. The molecule has 0 aliphatic heterocycles. The second kappa shape index (κ2) is 7.98. The van der Waals surface area contributed by atoms with E-state index in [1.54, 1.807) is 18.3 Å². The summed E-state index contributed by atoms with van der Waals surface area (Å²) in [4.78, 5) is 29.7. The van der Waals surface area contributed by atoms with E-state index in [1.807, 2.05) is 45.0 Å². The summed E-state index contributed by atoms with van der Waals surface area (Å²) in [5, 5.41) is 11.7. The van der Waals surface area contributed by atoms with Crippen LogP contribution in [0.3, 0.4) is 0 Å². The molecule has 1 amide bonds. The molecule has 2 heterocycles. The third-order valence-electron chi connectivity index (χ3n) is 4.69. The molecule has 0 radical (unpaired) electrons. The summed E-state index contributed by atoms with van der Waals surface area (Å²) >= 11 is 0. The zero-order chi connectivity index (χ0) is 21.1. The van der Waals surface area contributed by atoms with E-state index in [0.717, 1.165) is 16.7 Å². The number of amides is 1. The van der Waals surface area contributed by atoms with Gasteiger partial charge in [0.15, 0.2) is 0 Å². The van der Waals surface area contributed by atoms with Crippen molar-refractivity contribution in [1.82, 2.24) is 14.7 Å². The van der Waals surface area contributed by atoms with Crippen LogP contribution in [0.4, 0.5) is 0 Å². The standard InChI is InChI=1S/C22H20N4O3/c1-13-7-5-9-18(15(13)3)29-21-17(11-16(12-23)20(27)24-4)22(28)26-10-6-8-14(2)19(26)25-21/h5-11H,1-4H3,(H,24,27). The van der Waals surface area contributed by atoms with Crippen molar-refractivity contribution in [2.45, 2.75) is 20.8 Å². The summed E-state index contributed by atoms with van der Waals surface area (Å²) in [7, 11) is 1.41. The van der Waals surface area contributed by atoms with Gasteiger partial charge in [0.25, 0.3) is 11.5 Å². The third kappa shape index (κ3) is 3.73. The number of nitrogens with one attached hydrogen (secondary N) is 1. The highest BCUT2D eigenvalue weighted by Gasteiger charge is 2.18. The number of carbonyl (C=O) groups is 1. The topological polar surface area (TPSA) is 96.5 Å². The molecule has 0 unspecified atom stereocenters. The molecule has 2 aromatic heterocycles. The van der Waals surface area contributed by atoms with Crippen molar-refractivity contribution in [3.63, 3.8) is 0 Å². The van der Waals surface area contributed by atoms with E-state index in [-0.39, 0.29) is 17.0 Å². The molecule has 1 N–H and O–H groups in total. The van der Waals surface area contributed by atoms with Crippen LogP contribution in [-0.4, -0.2) is 22.3 Å². The highest BCUT2D eigenvalue weighted by atomic mass is 16.5. The molecule has 3 aromatic rings. The van der Waals surface area contributed by atoms with Crippen LogP contribution in [0.15, 0.2) is 46.9 Å². The average molecular weight is 388 g/mol. The zero-order valence-corrected chi connectivity index (χ0v) is 16.6. The number of hydrogen-bond donors (Lipinski definition) is 1. The monoisotopic (exact) mass is 388 g/mol. The molecule has 0 aliphatic rings. The molecule has 29 heavy (non-hydrogen) atoms. The average Bonchev–Trinajstić information content (AvgIpc) is 2.71. The second-order valence-corrected chi connectivity index (χ2v) is 6.57. The number of aryl methyl sites for hydroxylation is 2. The zero-order valence-electron chi connectivity index (χ0n) is 16.6. The van der Waals surface area contributed by atoms with Gasteiger partial charge in [-0.2, -0.15) is 10.2 Å². The van der Waals surface area contributed by atoms with Crippen molar-refractivity contribution < 1.29 is 9.53 Å². The summed E-state index contributed by atoms with van der Waals surface area (Å²) in [6, 6.07) is 11.0. The van der Waals surface area contributed by atoms with Crippen molar-refractivity contribution in [3.05, 3.63) is 74.7 Å². The molecule has 0 spiro atoms. The number of benzene rings is 1. The number of carbonyl (C=O) groups excluding carboxylic acids is 1. The number of nitriles is 1. The van der Waals surface area contributed by atoms with Crippen LogP contribution < -0.4 is 15.6 Å². The molecule has 7 nitrogen and oxygen atoms in total. The van der Waals surface area contributed by atoms with Gasteiger partial charge in [-0.05, 0) is 55.7 Å². The SMILES string of the molecule is CNC(=O)C(C#N)=Cc1c(Oc2cccc(C)c2C)nc2c(C)cccn2c1=O. The molecule has 0 atom stereocenters. The van der Waals surface area contributed by atoms with Gasteiger partial charge in [0.2, 0.25) is 5.88 Å². The molecule has 1 aromatic carbocycles. The normalized spacial score (nSPS) is 11.2. The van der Waals surface area contributed by atoms with Crippen molar-refractivity contribution in [1.29, 1.82) is 5.26 Å². The summed E-state index contributed by atoms with van der Waals surface area (Å²) in [5.74, 6) is -0.0171. The lowest BCUT2D eigenvalue weighted by atomic mass is 10.1. The molecule has 0 saturated carbocycles. The minimum atomic E-state index is -0.598. The van der Waals surface area contributed by atoms with Gasteiger partial charge >= 0.3 is 0 Å². The smallest absolute Gasteiger partial charge is 0.269 e. The van der Waals surface area contributed by atoms with Crippen molar-refractivity contribution >= 4 is 17.6 Å². The van der Waals surface area contributed by atoms with Crippen LogP contribution >= 0.6 is 0 Å². The summed E-state index contributed by atoms with van der Waals surface area (Å²) in [6.07, 6.45) is 2.80. The largest absolute Gasteiger partial charge is 0.438 e. The van der Waals surface area contributed by atoms with Gasteiger partial charge in [0, 0.05) is 13.2 Å². The van der Waals surface area contributed by atoms with Gasteiger partial charge in [-0.1, -0.05) is 18.2 Å². The number of nitrogens with zero attached hydrogens (tertiary/aromatic N) is 3. The van der Waals surface area contributed by atoms with Crippen molar-refractivity contribution in [2.24, 2.45) is 0 Å². The van der Waals surface area contributed by atoms with E-state index < -0.39 is 11.5 Å².